The van der Waals surface area contributed by atoms with E-state index < -0.39 is 0 Å². The lowest BCUT2D eigenvalue weighted by atomic mass is 9.96. The highest BCUT2D eigenvalue weighted by atomic mass is 35.5. The van der Waals surface area contributed by atoms with Crippen LogP contribution in [0, 0.1) is 12.3 Å². The third-order valence-corrected chi connectivity index (χ3v) is 3.09. The zero-order valence-electron chi connectivity index (χ0n) is 9.97. The first-order valence-electron chi connectivity index (χ1n) is 5.21. The minimum Gasteiger partial charge on any atom is -0.311 e. The molecular weight excluding hydrogens is 210 g/mol. The molecule has 0 amide bonds. The fourth-order valence-corrected chi connectivity index (χ4v) is 1.50. The van der Waals surface area contributed by atoms with Crippen molar-refractivity contribution < 1.29 is 0 Å². The molecule has 0 atom stereocenters. The Morgan fingerprint density at radius 3 is 2.67 bits per heavy atom. The standard InChI is InChI=1S/C11H20ClN3/c1-9-5-10(15(4)14-9)6-13-8-11(2,3)7-12/h5,13H,6-8H2,1-4H3. The van der Waals surface area contributed by atoms with Crippen LogP contribution in [0.5, 0.6) is 0 Å². The second-order valence-electron chi connectivity index (χ2n) is 4.80. The van der Waals surface area contributed by atoms with Crippen molar-refractivity contribution in [1.82, 2.24) is 15.1 Å². The molecule has 0 bridgehead atoms. The van der Waals surface area contributed by atoms with Crippen LogP contribution < -0.4 is 5.32 Å². The van der Waals surface area contributed by atoms with Crippen LogP contribution in [0.15, 0.2) is 6.07 Å². The maximum absolute atomic E-state index is 5.85. The lowest BCUT2D eigenvalue weighted by Gasteiger charge is -2.21. The number of halogens is 1. The molecule has 4 heteroatoms. The van der Waals surface area contributed by atoms with Crippen molar-refractivity contribution in [2.24, 2.45) is 12.5 Å². The number of aromatic nitrogens is 2. The highest BCUT2D eigenvalue weighted by Crippen LogP contribution is 2.15. The first-order chi connectivity index (χ1) is 6.94. The summed E-state index contributed by atoms with van der Waals surface area (Å²) in [6.45, 7) is 8.08. The number of hydrogen-bond donors (Lipinski definition) is 1. The molecule has 1 rings (SSSR count). The second kappa shape index (κ2) is 4.99. The Morgan fingerprint density at radius 1 is 1.53 bits per heavy atom. The van der Waals surface area contributed by atoms with Crippen LogP contribution in [-0.2, 0) is 13.6 Å². The Labute approximate surface area is 96.8 Å². The largest absolute Gasteiger partial charge is 0.311 e. The lowest BCUT2D eigenvalue weighted by molar-refractivity contribution is 0.382. The summed E-state index contributed by atoms with van der Waals surface area (Å²) in [4.78, 5) is 0. The molecule has 0 aliphatic carbocycles. The molecule has 0 saturated heterocycles. The van der Waals surface area contributed by atoms with E-state index in [0.717, 1.165) is 18.8 Å². The average molecular weight is 230 g/mol. The Bertz CT molecular complexity index is 318. The summed E-state index contributed by atoms with van der Waals surface area (Å²) in [7, 11) is 1.97. The maximum atomic E-state index is 5.85. The molecule has 0 aliphatic rings. The summed E-state index contributed by atoms with van der Waals surface area (Å²) < 4.78 is 1.91. The van der Waals surface area contributed by atoms with Gasteiger partial charge in [0.25, 0.3) is 0 Å². The van der Waals surface area contributed by atoms with E-state index >= 15 is 0 Å². The third kappa shape index (κ3) is 3.84. The smallest absolute Gasteiger partial charge is 0.0597 e. The summed E-state index contributed by atoms with van der Waals surface area (Å²) in [6.07, 6.45) is 0. The van der Waals surface area contributed by atoms with Gasteiger partial charge in [0.15, 0.2) is 0 Å². The lowest BCUT2D eigenvalue weighted by Crippen LogP contribution is -2.30. The minimum atomic E-state index is 0.148. The van der Waals surface area contributed by atoms with E-state index in [2.05, 4.69) is 30.3 Å². The number of rotatable bonds is 5. The Balaban J connectivity index is 2.41. The number of alkyl halides is 1. The predicted molar refractivity (Wildman–Crippen MR) is 64.2 cm³/mol. The summed E-state index contributed by atoms with van der Waals surface area (Å²) >= 11 is 5.85. The van der Waals surface area contributed by atoms with E-state index in [4.69, 9.17) is 11.6 Å². The molecule has 0 saturated carbocycles. The van der Waals surface area contributed by atoms with Crippen molar-refractivity contribution in [1.29, 1.82) is 0 Å². The monoisotopic (exact) mass is 229 g/mol. The molecule has 0 aliphatic heterocycles. The summed E-state index contributed by atoms with van der Waals surface area (Å²) in [5.41, 5.74) is 2.42. The normalized spacial score (nSPS) is 12.1. The van der Waals surface area contributed by atoms with Gasteiger partial charge in [-0.05, 0) is 18.4 Å². The van der Waals surface area contributed by atoms with Crippen LogP contribution >= 0.6 is 11.6 Å². The first kappa shape index (κ1) is 12.5. The topological polar surface area (TPSA) is 29.9 Å². The van der Waals surface area contributed by atoms with Crippen LogP contribution in [0.3, 0.4) is 0 Å². The van der Waals surface area contributed by atoms with Crippen molar-refractivity contribution in [3.63, 3.8) is 0 Å². The van der Waals surface area contributed by atoms with Crippen molar-refractivity contribution >= 4 is 11.6 Å². The molecule has 0 aromatic carbocycles. The molecular formula is C11H20ClN3. The van der Waals surface area contributed by atoms with E-state index in [0.29, 0.717) is 5.88 Å². The second-order valence-corrected chi connectivity index (χ2v) is 5.07. The Hall–Kier alpha value is -0.540. The van der Waals surface area contributed by atoms with Gasteiger partial charge in [-0.3, -0.25) is 4.68 Å². The number of hydrogen-bond acceptors (Lipinski definition) is 2. The molecule has 1 aromatic rings. The summed E-state index contributed by atoms with van der Waals surface area (Å²) in [6, 6.07) is 2.10. The fourth-order valence-electron chi connectivity index (χ4n) is 1.41. The third-order valence-electron chi connectivity index (χ3n) is 2.37. The van der Waals surface area contributed by atoms with Gasteiger partial charge in [-0.2, -0.15) is 5.10 Å². The van der Waals surface area contributed by atoms with Crippen LogP contribution in [-0.4, -0.2) is 22.2 Å². The van der Waals surface area contributed by atoms with E-state index in [-0.39, 0.29) is 5.41 Å². The maximum Gasteiger partial charge on any atom is 0.0597 e. The van der Waals surface area contributed by atoms with Gasteiger partial charge in [0.05, 0.1) is 11.4 Å². The molecule has 86 valence electrons. The Morgan fingerprint density at radius 2 is 2.20 bits per heavy atom. The molecule has 15 heavy (non-hydrogen) atoms. The van der Waals surface area contributed by atoms with E-state index in [9.17, 15) is 0 Å². The van der Waals surface area contributed by atoms with Gasteiger partial charge in [-0.1, -0.05) is 13.8 Å². The van der Waals surface area contributed by atoms with E-state index in [1.807, 2.05) is 18.7 Å². The molecule has 1 aromatic heterocycles. The quantitative estimate of drug-likeness (QED) is 0.784. The first-order valence-corrected chi connectivity index (χ1v) is 5.74. The Kier molecular flexibility index (Phi) is 4.17. The van der Waals surface area contributed by atoms with Gasteiger partial charge in [-0.15, -0.1) is 11.6 Å². The van der Waals surface area contributed by atoms with Crippen molar-refractivity contribution in [3.8, 4) is 0 Å². The summed E-state index contributed by atoms with van der Waals surface area (Å²) in [5, 5.41) is 7.70. The van der Waals surface area contributed by atoms with Gasteiger partial charge >= 0.3 is 0 Å². The fraction of sp³-hybridized carbons (Fsp3) is 0.727. The van der Waals surface area contributed by atoms with Gasteiger partial charge in [0.1, 0.15) is 0 Å². The van der Waals surface area contributed by atoms with Gasteiger partial charge in [-0.25, -0.2) is 0 Å². The number of nitrogens with one attached hydrogen (secondary N) is 1. The molecule has 0 fully saturated rings. The zero-order chi connectivity index (χ0) is 11.5. The van der Waals surface area contributed by atoms with E-state index in [1.165, 1.54) is 5.69 Å². The molecule has 3 nitrogen and oxygen atoms in total. The average Bonchev–Trinajstić information content (AvgIpc) is 2.45. The number of aryl methyl sites for hydroxylation is 2. The molecule has 0 spiro atoms. The van der Waals surface area contributed by atoms with Crippen molar-refractivity contribution in [2.75, 3.05) is 12.4 Å². The molecule has 1 heterocycles. The highest BCUT2D eigenvalue weighted by Gasteiger charge is 2.15. The van der Waals surface area contributed by atoms with Crippen LogP contribution in [0.2, 0.25) is 0 Å². The predicted octanol–water partition coefficient (Wildman–Crippen LogP) is 2.08. The zero-order valence-corrected chi connectivity index (χ0v) is 10.7. The van der Waals surface area contributed by atoms with Crippen LogP contribution in [0.25, 0.3) is 0 Å². The SMILES string of the molecule is Cc1cc(CNCC(C)(C)CCl)n(C)n1. The molecule has 0 radical (unpaired) electrons. The highest BCUT2D eigenvalue weighted by molar-refractivity contribution is 6.18. The van der Waals surface area contributed by atoms with Crippen LogP contribution in [0.4, 0.5) is 0 Å². The minimum absolute atomic E-state index is 0.148. The van der Waals surface area contributed by atoms with E-state index in [1.54, 1.807) is 0 Å². The molecule has 0 unspecified atom stereocenters. The van der Waals surface area contributed by atoms with Crippen LogP contribution in [0.1, 0.15) is 25.2 Å². The van der Waals surface area contributed by atoms with Gasteiger partial charge in [0, 0.05) is 26.0 Å². The number of nitrogens with zero attached hydrogens (tertiary/aromatic N) is 2. The van der Waals surface area contributed by atoms with Crippen molar-refractivity contribution in [2.45, 2.75) is 27.3 Å². The molecule has 1 N–H and O–H groups in total. The van der Waals surface area contributed by atoms with Gasteiger partial charge < -0.3 is 5.32 Å². The van der Waals surface area contributed by atoms with Crippen molar-refractivity contribution in [3.05, 3.63) is 17.5 Å². The summed E-state index contributed by atoms with van der Waals surface area (Å²) in [5.74, 6) is 0.671. The van der Waals surface area contributed by atoms with Gasteiger partial charge in [0.2, 0.25) is 0 Å².